The van der Waals surface area contributed by atoms with E-state index in [4.69, 9.17) is 0 Å². The average Bonchev–Trinajstić information content (AvgIpc) is 2.28. The van der Waals surface area contributed by atoms with Crippen molar-refractivity contribution in [1.82, 2.24) is 4.90 Å². The molecular weight excluding hydrogens is 243 g/mol. The Morgan fingerprint density at radius 3 is 2.39 bits per heavy atom. The first-order valence-electron chi connectivity index (χ1n) is 5.44. The maximum atomic E-state index is 12.4. The van der Waals surface area contributed by atoms with Crippen LogP contribution in [0.15, 0.2) is 42.5 Å². The molecule has 18 heavy (non-hydrogen) atoms. The first-order chi connectivity index (χ1) is 8.42. The van der Waals surface area contributed by atoms with Gasteiger partial charge < -0.3 is 4.90 Å². The van der Waals surface area contributed by atoms with Crippen molar-refractivity contribution in [3.05, 3.63) is 48.0 Å². The Bertz CT molecular complexity index is 412. The summed E-state index contributed by atoms with van der Waals surface area (Å²) in [4.78, 5) is 12.3. The van der Waals surface area contributed by atoms with Crippen LogP contribution in [0.1, 0.15) is 12.5 Å². The number of hydrogen-bond acceptors (Lipinski definition) is 1. The molecule has 1 aromatic rings. The molecule has 0 aliphatic carbocycles. The minimum absolute atomic E-state index is 0.0521. The Balaban J connectivity index is 2.81. The SMILES string of the molecule is CC=CC(=O)N(Cc1ccccc1)CC(F)(F)F. The predicted octanol–water partition coefficient (Wildman–Crippen LogP) is 3.15. The van der Waals surface area contributed by atoms with Crippen LogP contribution in [-0.2, 0) is 11.3 Å². The molecule has 0 saturated carbocycles. The van der Waals surface area contributed by atoms with Crippen molar-refractivity contribution < 1.29 is 18.0 Å². The van der Waals surface area contributed by atoms with Crippen molar-refractivity contribution in [1.29, 1.82) is 0 Å². The van der Waals surface area contributed by atoms with E-state index < -0.39 is 18.6 Å². The topological polar surface area (TPSA) is 20.3 Å². The molecule has 0 atom stereocenters. The van der Waals surface area contributed by atoms with E-state index in [1.807, 2.05) is 0 Å². The second-order valence-electron chi connectivity index (χ2n) is 3.80. The van der Waals surface area contributed by atoms with Crippen molar-refractivity contribution in [3.8, 4) is 0 Å². The monoisotopic (exact) mass is 257 g/mol. The van der Waals surface area contributed by atoms with Gasteiger partial charge in [-0.15, -0.1) is 0 Å². The number of halogens is 3. The van der Waals surface area contributed by atoms with Gasteiger partial charge in [0.2, 0.25) is 5.91 Å². The molecule has 0 aliphatic rings. The fourth-order valence-corrected chi connectivity index (χ4v) is 1.48. The summed E-state index contributed by atoms with van der Waals surface area (Å²) in [5.41, 5.74) is 0.666. The molecule has 0 aliphatic heterocycles. The molecule has 0 fully saturated rings. The number of amides is 1. The number of carbonyl (C=O) groups is 1. The molecule has 0 unspecified atom stereocenters. The fraction of sp³-hybridized carbons (Fsp3) is 0.308. The van der Waals surface area contributed by atoms with Crippen LogP contribution in [0.3, 0.4) is 0 Å². The lowest BCUT2D eigenvalue weighted by Gasteiger charge is -2.22. The first kappa shape index (κ1) is 14.3. The third-order valence-corrected chi connectivity index (χ3v) is 2.21. The molecule has 0 aromatic heterocycles. The number of hydrogen-bond donors (Lipinski definition) is 0. The molecule has 98 valence electrons. The molecule has 1 amide bonds. The highest BCUT2D eigenvalue weighted by Crippen LogP contribution is 2.18. The maximum Gasteiger partial charge on any atom is 0.406 e. The molecule has 0 saturated heterocycles. The van der Waals surface area contributed by atoms with Gasteiger partial charge in [-0.05, 0) is 18.6 Å². The quantitative estimate of drug-likeness (QED) is 0.759. The maximum absolute atomic E-state index is 12.4. The van der Waals surface area contributed by atoms with Gasteiger partial charge in [-0.1, -0.05) is 36.4 Å². The van der Waals surface area contributed by atoms with Gasteiger partial charge in [-0.25, -0.2) is 0 Å². The van der Waals surface area contributed by atoms with Crippen LogP contribution in [0.4, 0.5) is 13.2 Å². The lowest BCUT2D eigenvalue weighted by molar-refractivity contribution is -0.159. The summed E-state index contributed by atoms with van der Waals surface area (Å²) in [6.45, 7) is 0.292. The Hall–Kier alpha value is -1.78. The van der Waals surface area contributed by atoms with E-state index in [9.17, 15) is 18.0 Å². The first-order valence-corrected chi connectivity index (χ1v) is 5.44. The summed E-state index contributed by atoms with van der Waals surface area (Å²) in [5, 5.41) is 0. The number of allylic oxidation sites excluding steroid dienone is 1. The summed E-state index contributed by atoms with van der Waals surface area (Å²) < 4.78 is 37.2. The summed E-state index contributed by atoms with van der Waals surface area (Å²) in [7, 11) is 0. The van der Waals surface area contributed by atoms with E-state index in [1.54, 1.807) is 37.3 Å². The van der Waals surface area contributed by atoms with Gasteiger partial charge in [0.1, 0.15) is 6.54 Å². The van der Waals surface area contributed by atoms with Gasteiger partial charge in [-0.3, -0.25) is 4.79 Å². The summed E-state index contributed by atoms with van der Waals surface area (Å²) in [5.74, 6) is -0.640. The minimum atomic E-state index is -4.40. The van der Waals surface area contributed by atoms with Crippen LogP contribution in [0.2, 0.25) is 0 Å². The zero-order chi connectivity index (χ0) is 13.6. The molecule has 0 bridgehead atoms. The zero-order valence-electron chi connectivity index (χ0n) is 9.95. The summed E-state index contributed by atoms with van der Waals surface area (Å²) >= 11 is 0. The van der Waals surface area contributed by atoms with Crippen molar-refractivity contribution >= 4 is 5.91 Å². The zero-order valence-corrected chi connectivity index (χ0v) is 9.95. The van der Waals surface area contributed by atoms with Gasteiger partial charge in [0, 0.05) is 6.54 Å². The number of nitrogens with zero attached hydrogens (tertiary/aromatic N) is 1. The third-order valence-electron chi connectivity index (χ3n) is 2.21. The average molecular weight is 257 g/mol. The van der Waals surface area contributed by atoms with E-state index in [1.165, 1.54) is 6.08 Å². The van der Waals surface area contributed by atoms with E-state index in [-0.39, 0.29) is 6.54 Å². The van der Waals surface area contributed by atoms with Crippen molar-refractivity contribution in [3.63, 3.8) is 0 Å². The molecule has 2 nitrogen and oxygen atoms in total. The van der Waals surface area contributed by atoms with Gasteiger partial charge in [0.15, 0.2) is 0 Å². The van der Waals surface area contributed by atoms with Crippen molar-refractivity contribution in [2.24, 2.45) is 0 Å². The summed E-state index contributed by atoms with van der Waals surface area (Å²) in [6.07, 6.45) is -1.84. The van der Waals surface area contributed by atoms with E-state index in [0.717, 1.165) is 11.0 Å². The largest absolute Gasteiger partial charge is 0.406 e. The fourth-order valence-electron chi connectivity index (χ4n) is 1.48. The molecule has 5 heteroatoms. The van der Waals surface area contributed by atoms with Gasteiger partial charge in [-0.2, -0.15) is 13.2 Å². The normalized spacial score (nSPS) is 11.8. The highest BCUT2D eigenvalue weighted by molar-refractivity contribution is 5.87. The lowest BCUT2D eigenvalue weighted by Crippen LogP contribution is -2.37. The summed E-state index contributed by atoms with van der Waals surface area (Å²) in [6, 6.07) is 8.59. The second kappa shape index (κ2) is 6.23. The van der Waals surface area contributed by atoms with E-state index in [2.05, 4.69) is 0 Å². The van der Waals surface area contributed by atoms with E-state index >= 15 is 0 Å². The smallest absolute Gasteiger partial charge is 0.326 e. The van der Waals surface area contributed by atoms with Crippen LogP contribution < -0.4 is 0 Å². The Labute approximate surface area is 104 Å². The molecule has 0 spiro atoms. The van der Waals surface area contributed by atoms with Gasteiger partial charge >= 0.3 is 6.18 Å². The Kier molecular flexibility index (Phi) is 4.95. The van der Waals surface area contributed by atoms with E-state index in [0.29, 0.717) is 5.56 Å². The lowest BCUT2D eigenvalue weighted by atomic mass is 10.2. The van der Waals surface area contributed by atoms with Crippen molar-refractivity contribution in [2.75, 3.05) is 6.54 Å². The predicted molar refractivity (Wildman–Crippen MR) is 62.7 cm³/mol. The molecule has 0 heterocycles. The highest BCUT2D eigenvalue weighted by Gasteiger charge is 2.32. The van der Waals surface area contributed by atoms with Crippen molar-refractivity contribution in [2.45, 2.75) is 19.6 Å². The van der Waals surface area contributed by atoms with Gasteiger partial charge in [0.05, 0.1) is 0 Å². The molecule has 0 N–H and O–H groups in total. The Morgan fingerprint density at radius 1 is 1.28 bits per heavy atom. The number of alkyl halides is 3. The number of benzene rings is 1. The number of rotatable bonds is 4. The second-order valence-corrected chi connectivity index (χ2v) is 3.80. The van der Waals surface area contributed by atoms with Gasteiger partial charge in [0.25, 0.3) is 0 Å². The third kappa shape index (κ3) is 5.03. The Morgan fingerprint density at radius 2 is 1.89 bits per heavy atom. The standard InChI is InChI=1S/C13H14F3NO/c1-2-6-12(18)17(10-13(14,15)16)9-11-7-4-3-5-8-11/h2-8H,9-10H2,1H3. The molecule has 1 aromatic carbocycles. The van der Waals surface area contributed by atoms with Crippen LogP contribution in [-0.4, -0.2) is 23.5 Å². The van der Waals surface area contributed by atoms with Crippen LogP contribution in [0.5, 0.6) is 0 Å². The van der Waals surface area contributed by atoms with Crippen LogP contribution >= 0.6 is 0 Å². The molecular formula is C13H14F3NO. The molecule has 0 radical (unpaired) electrons. The van der Waals surface area contributed by atoms with Crippen LogP contribution in [0.25, 0.3) is 0 Å². The number of carbonyl (C=O) groups excluding carboxylic acids is 1. The minimum Gasteiger partial charge on any atom is -0.326 e. The molecule has 1 rings (SSSR count). The van der Waals surface area contributed by atoms with Crippen LogP contribution in [0, 0.1) is 0 Å². The highest BCUT2D eigenvalue weighted by atomic mass is 19.4.